The summed E-state index contributed by atoms with van der Waals surface area (Å²) in [5, 5.41) is 5.08. The number of nitrogens with one attached hydrogen (secondary N) is 2. The summed E-state index contributed by atoms with van der Waals surface area (Å²) in [6.07, 6.45) is 1.53. The Labute approximate surface area is 173 Å². The van der Waals surface area contributed by atoms with Crippen molar-refractivity contribution >= 4 is 29.5 Å². The van der Waals surface area contributed by atoms with Crippen LogP contribution in [0.3, 0.4) is 0 Å². The molecule has 0 aromatic heterocycles. The lowest BCUT2D eigenvalue weighted by Crippen LogP contribution is -2.54. The molecule has 30 heavy (non-hydrogen) atoms. The van der Waals surface area contributed by atoms with E-state index in [1.165, 1.54) is 0 Å². The molecule has 0 bridgehead atoms. The number of carbonyl (C=O) groups excluding carboxylic acids is 5. The predicted molar refractivity (Wildman–Crippen MR) is 103 cm³/mol. The van der Waals surface area contributed by atoms with Crippen molar-refractivity contribution in [2.45, 2.75) is 38.6 Å². The average molecular weight is 413 g/mol. The van der Waals surface area contributed by atoms with Gasteiger partial charge in [0.15, 0.2) is 0 Å². The molecule has 1 aromatic carbocycles. The van der Waals surface area contributed by atoms with Gasteiger partial charge in [-0.05, 0) is 43.9 Å². The second-order valence-corrected chi connectivity index (χ2v) is 8.24. The highest BCUT2D eigenvalue weighted by atomic mass is 16.5. The molecular weight excluding hydrogens is 390 g/mol. The van der Waals surface area contributed by atoms with E-state index in [1.54, 1.807) is 18.2 Å². The van der Waals surface area contributed by atoms with Gasteiger partial charge in [-0.15, -0.1) is 0 Å². The lowest BCUT2D eigenvalue weighted by Gasteiger charge is -2.36. The van der Waals surface area contributed by atoms with E-state index in [0.29, 0.717) is 32.6 Å². The van der Waals surface area contributed by atoms with Gasteiger partial charge in [0.05, 0.1) is 29.8 Å². The maximum Gasteiger partial charge on any atom is 0.262 e. The minimum absolute atomic E-state index is 0.0247. The molecule has 1 aromatic rings. The van der Waals surface area contributed by atoms with Crippen LogP contribution in [0.5, 0.6) is 0 Å². The van der Waals surface area contributed by atoms with Gasteiger partial charge in [-0.3, -0.25) is 34.2 Å². The van der Waals surface area contributed by atoms with Gasteiger partial charge in [0, 0.05) is 13.0 Å². The number of carbonyl (C=O) groups is 5. The molecule has 2 fully saturated rings. The first-order valence-electron chi connectivity index (χ1n) is 10.0. The standard InChI is InChI=1S/C21H23N3O6/c1-21(10-30-11-21)20(29)22-8-2-3-12-4-5-13-14(9-12)19(28)24(18(13)27)15-6-7-16(25)23-17(15)26/h4-5,9,15H,2-3,6-8,10-11H2,1H3,(H,22,29)(H,23,25,26). The maximum atomic E-state index is 12.8. The fourth-order valence-corrected chi connectivity index (χ4v) is 3.92. The van der Waals surface area contributed by atoms with Gasteiger partial charge in [-0.25, -0.2) is 0 Å². The SMILES string of the molecule is CC1(C(=O)NCCCc2ccc3c(c2)C(=O)N(C2CCC(=O)NC2=O)C3=O)COC1. The minimum atomic E-state index is -0.967. The fourth-order valence-electron chi connectivity index (χ4n) is 3.92. The second-order valence-electron chi connectivity index (χ2n) is 8.24. The Balaban J connectivity index is 1.38. The quantitative estimate of drug-likeness (QED) is 0.507. The van der Waals surface area contributed by atoms with Crippen LogP contribution in [-0.4, -0.2) is 60.2 Å². The molecule has 3 aliphatic rings. The Hall–Kier alpha value is -3.07. The zero-order valence-corrected chi connectivity index (χ0v) is 16.7. The van der Waals surface area contributed by atoms with Crippen molar-refractivity contribution < 1.29 is 28.7 Å². The summed E-state index contributed by atoms with van der Waals surface area (Å²) in [5.41, 5.74) is 0.956. The van der Waals surface area contributed by atoms with Crippen molar-refractivity contribution in [1.82, 2.24) is 15.5 Å². The van der Waals surface area contributed by atoms with E-state index in [0.717, 1.165) is 10.5 Å². The number of fused-ring (bicyclic) bond motifs is 1. The number of piperidine rings is 1. The number of benzene rings is 1. The lowest BCUT2D eigenvalue weighted by atomic mass is 9.87. The van der Waals surface area contributed by atoms with Gasteiger partial charge < -0.3 is 10.1 Å². The van der Waals surface area contributed by atoms with Crippen LogP contribution in [0.15, 0.2) is 18.2 Å². The molecule has 3 aliphatic heterocycles. The van der Waals surface area contributed by atoms with E-state index in [9.17, 15) is 24.0 Å². The molecular formula is C21H23N3O6. The Morgan fingerprint density at radius 2 is 1.93 bits per heavy atom. The van der Waals surface area contributed by atoms with Gasteiger partial charge in [0.2, 0.25) is 17.7 Å². The summed E-state index contributed by atoms with van der Waals surface area (Å²) in [6, 6.07) is 4.08. The van der Waals surface area contributed by atoms with E-state index in [4.69, 9.17) is 4.74 Å². The molecule has 2 N–H and O–H groups in total. The number of hydrogen-bond donors (Lipinski definition) is 2. The van der Waals surface area contributed by atoms with E-state index in [2.05, 4.69) is 10.6 Å². The normalized spacial score (nSPS) is 22.4. The Morgan fingerprint density at radius 3 is 2.60 bits per heavy atom. The number of ether oxygens (including phenoxy) is 1. The van der Waals surface area contributed by atoms with Crippen LogP contribution in [0.1, 0.15) is 52.5 Å². The third-order valence-corrected chi connectivity index (χ3v) is 5.82. The van der Waals surface area contributed by atoms with Crippen LogP contribution in [0.25, 0.3) is 0 Å². The van der Waals surface area contributed by atoms with E-state index < -0.39 is 35.1 Å². The van der Waals surface area contributed by atoms with Gasteiger partial charge in [0.1, 0.15) is 6.04 Å². The van der Waals surface area contributed by atoms with Gasteiger partial charge in [0.25, 0.3) is 11.8 Å². The summed E-state index contributed by atoms with van der Waals surface area (Å²) < 4.78 is 5.09. The smallest absolute Gasteiger partial charge is 0.262 e. The van der Waals surface area contributed by atoms with Crippen molar-refractivity contribution in [3.8, 4) is 0 Å². The van der Waals surface area contributed by atoms with Crippen LogP contribution in [0, 0.1) is 5.41 Å². The fraction of sp³-hybridized carbons (Fsp3) is 0.476. The number of nitrogens with zero attached hydrogens (tertiary/aromatic N) is 1. The summed E-state index contributed by atoms with van der Waals surface area (Å²) >= 11 is 0. The molecule has 9 nitrogen and oxygen atoms in total. The first kappa shape index (κ1) is 20.2. The molecule has 0 aliphatic carbocycles. The molecule has 158 valence electrons. The number of rotatable bonds is 6. The monoisotopic (exact) mass is 413 g/mol. The third-order valence-electron chi connectivity index (χ3n) is 5.82. The van der Waals surface area contributed by atoms with E-state index in [-0.39, 0.29) is 29.9 Å². The molecule has 5 amide bonds. The average Bonchev–Trinajstić information content (AvgIpc) is 2.93. The van der Waals surface area contributed by atoms with E-state index in [1.807, 2.05) is 6.92 Å². The third kappa shape index (κ3) is 3.49. The Kier molecular flexibility index (Phi) is 5.15. The largest absolute Gasteiger partial charge is 0.379 e. The molecule has 0 spiro atoms. The second kappa shape index (κ2) is 7.64. The summed E-state index contributed by atoms with van der Waals surface area (Å²) in [4.78, 5) is 62.0. The number of hydrogen-bond acceptors (Lipinski definition) is 6. The van der Waals surface area contributed by atoms with Crippen LogP contribution in [-0.2, 0) is 25.5 Å². The van der Waals surface area contributed by atoms with Crippen LogP contribution >= 0.6 is 0 Å². The van der Waals surface area contributed by atoms with Gasteiger partial charge in [-0.1, -0.05) is 6.07 Å². The van der Waals surface area contributed by atoms with Crippen molar-refractivity contribution in [3.63, 3.8) is 0 Å². The molecule has 1 atom stereocenters. The van der Waals surface area contributed by atoms with Crippen LogP contribution in [0.4, 0.5) is 0 Å². The Bertz CT molecular complexity index is 952. The van der Waals surface area contributed by atoms with Crippen molar-refractivity contribution in [2.24, 2.45) is 5.41 Å². The molecule has 4 rings (SSSR count). The highest BCUT2D eigenvalue weighted by Gasteiger charge is 2.44. The van der Waals surface area contributed by atoms with Crippen LogP contribution < -0.4 is 10.6 Å². The zero-order valence-electron chi connectivity index (χ0n) is 16.7. The maximum absolute atomic E-state index is 12.8. The molecule has 3 heterocycles. The zero-order chi connectivity index (χ0) is 21.5. The highest BCUT2D eigenvalue weighted by Crippen LogP contribution is 2.29. The summed E-state index contributed by atoms with van der Waals surface area (Å²) in [5.74, 6) is -2.08. The minimum Gasteiger partial charge on any atom is -0.379 e. The predicted octanol–water partition coefficient (Wildman–Crippen LogP) is 0.173. The van der Waals surface area contributed by atoms with Gasteiger partial charge >= 0.3 is 0 Å². The Morgan fingerprint density at radius 1 is 1.20 bits per heavy atom. The first-order valence-corrected chi connectivity index (χ1v) is 10.0. The number of amides is 5. The molecule has 0 radical (unpaired) electrons. The van der Waals surface area contributed by atoms with Crippen molar-refractivity contribution in [2.75, 3.05) is 19.8 Å². The molecule has 9 heteroatoms. The molecule has 0 saturated carbocycles. The summed E-state index contributed by atoms with van der Waals surface area (Å²) in [7, 11) is 0. The van der Waals surface area contributed by atoms with E-state index >= 15 is 0 Å². The van der Waals surface area contributed by atoms with Gasteiger partial charge in [-0.2, -0.15) is 0 Å². The highest BCUT2D eigenvalue weighted by molar-refractivity contribution is 6.23. The summed E-state index contributed by atoms with van der Waals surface area (Å²) in [6.45, 7) is 3.23. The molecule has 2 saturated heterocycles. The van der Waals surface area contributed by atoms with Crippen LogP contribution in [0.2, 0.25) is 0 Å². The topological polar surface area (TPSA) is 122 Å². The number of aryl methyl sites for hydroxylation is 1. The lowest BCUT2D eigenvalue weighted by molar-refractivity contribution is -0.157. The first-order chi connectivity index (χ1) is 14.3. The van der Waals surface area contributed by atoms with Crippen molar-refractivity contribution in [3.05, 3.63) is 34.9 Å². The molecule has 1 unspecified atom stereocenters. The van der Waals surface area contributed by atoms with Crippen molar-refractivity contribution in [1.29, 1.82) is 0 Å². The number of imide groups is 2.